The first-order chi connectivity index (χ1) is 11.5. The number of anilines is 1. The first-order valence-corrected chi connectivity index (χ1v) is 8.75. The van der Waals surface area contributed by atoms with Crippen molar-refractivity contribution in [3.05, 3.63) is 35.0 Å². The number of carbonyl (C=O) groups is 1. The van der Waals surface area contributed by atoms with E-state index in [-0.39, 0.29) is 18.4 Å². The Morgan fingerprint density at radius 1 is 1.50 bits per heavy atom. The summed E-state index contributed by atoms with van der Waals surface area (Å²) in [6.07, 6.45) is 2.32. The molecule has 7 nitrogen and oxygen atoms in total. The maximum absolute atomic E-state index is 12.4. The molecule has 1 aliphatic rings. The van der Waals surface area contributed by atoms with Crippen LogP contribution in [0.5, 0.6) is 0 Å². The normalized spacial score (nSPS) is 20.6. The molecule has 0 unspecified atom stereocenters. The van der Waals surface area contributed by atoms with E-state index in [1.807, 2.05) is 36.9 Å². The van der Waals surface area contributed by atoms with Gasteiger partial charge in [-0.1, -0.05) is 24.4 Å². The molecule has 0 saturated carbocycles. The fourth-order valence-corrected chi connectivity index (χ4v) is 3.53. The second kappa shape index (κ2) is 6.82. The lowest BCUT2D eigenvalue weighted by Crippen LogP contribution is -2.45. The van der Waals surface area contributed by atoms with Crippen LogP contribution in [0, 0.1) is 0 Å². The van der Waals surface area contributed by atoms with E-state index in [1.165, 1.54) is 0 Å². The highest BCUT2D eigenvalue weighted by Gasteiger charge is 2.37. The molecule has 0 spiro atoms. The number of β-amino-alcohol motifs (C(OH)–C–C–N with tert-alkyl or cyclic N) is 1. The third kappa shape index (κ3) is 3.54. The van der Waals surface area contributed by atoms with Gasteiger partial charge in [-0.25, -0.2) is 4.98 Å². The molecule has 1 fully saturated rings. The zero-order chi connectivity index (χ0) is 17.2. The minimum atomic E-state index is -0.955. The van der Waals surface area contributed by atoms with Crippen LogP contribution in [0.2, 0.25) is 0 Å². The summed E-state index contributed by atoms with van der Waals surface area (Å²) < 4.78 is 3.87. The zero-order valence-corrected chi connectivity index (χ0v) is 14.6. The van der Waals surface area contributed by atoms with Crippen molar-refractivity contribution in [3.63, 3.8) is 0 Å². The molecule has 2 aromatic rings. The van der Waals surface area contributed by atoms with Crippen molar-refractivity contribution in [2.75, 3.05) is 24.5 Å². The molecule has 0 bridgehead atoms. The number of carbonyl (C=O) groups excluding carboxylic acids is 1. The molecule has 3 rings (SSSR count). The Bertz CT molecular complexity index is 706. The lowest BCUT2D eigenvalue weighted by Gasteiger charge is -2.24. The molecule has 0 aromatic carbocycles. The fraction of sp³-hybridized carbons (Fsp3) is 0.500. The molecule has 24 heavy (non-hydrogen) atoms. The number of rotatable bonds is 5. The van der Waals surface area contributed by atoms with Gasteiger partial charge in [0.05, 0.1) is 5.69 Å². The molecule has 1 aliphatic heterocycles. The molecule has 128 valence electrons. The van der Waals surface area contributed by atoms with Gasteiger partial charge < -0.3 is 15.3 Å². The first-order valence-electron chi connectivity index (χ1n) is 7.97. The van der Waals surface area contributed by atoms with E-state index in [0.717, 1.165) is 17.4 Å². The maximum Gasteiger partial charge on any atom is 0.265 e. The van der Waals surface area contributed by atoms with E-state index in [9.17, 15) is 9.90 Å². The van der Waals surface area contributed by atoms with Gasteiger partial charge >= 0.3 is 0 Å². The van der Waals surface area contributed by atoms with Crippen molar-refractivity contribution < 1.29 is 9.90 Å². The number of nitrogens with one attached hydrogen (secondary N) is 1. The van der Waals surface area contributed by atoms with Gasteiger partial charge in [0, 0.05) is 25.8 Å². The monoisotopic (exact) mass is 347 g/mol. The van der Waals surface area contributed by atoms with Crippen LogP contribution in [-0.2, 0) is 0 Å². The van der Waals surface area contributed by atoms with Crippen LogP contribution < -0.4 is 10.2 Å². The van der Waals surface area contributed by atoms with Gasteiger partial charge in [-0.15, -0.1) is 5.10 Å². The van der Waals surface area contributed by atoms with Gasteiger partial charge in [0.15, 0.2) is 0 Å². The van der Waals surface area contributed by atoms with Gasteiger partial charge in [-0.2, -0.15) is 0 Å². The molecule has 3 heterocycles. The Balaban J connectivity index is 1.60. The Morgan fingerprint density at radius 2 is 2.33 bits per heavy atom. The van der Waals surface area contributed by atoms with Crippen molar-refractivity contribution in [1.29, 1.82) is 0 Å². The van der Waals surface area contributed by atoms with Crippen molar-refractivity contribution in [3.8, 4) is 0 Å². The number of pyridine rings is 1. The number of hydrogen-bond donors (Lipinski definition) is 2. The largest absolute Gasteiger partial charge is 0.386 e. The van der Waals surface area contributed by atoms with E-state index in [1.54, 1.807) is 6.20 Å². The molecule has 1 atom stereocenters. The van der Waals surface area contributed by atoms with Gasteiger partial charge in [-0.3, -0.25) is 4.79 Å². The first kappa shape index (κ1) is 16.8. The van der Waals surface area contributed by atoms with E-state index < -0.39 is 5.60 Å². The fourth-order valence-electron chi connectivity index (χ4n) is 2.80. The number of nitrogens with zero attached hydrogens (tertiary/aromatic N) is 4. The van der Waals surface area contributed by atoms with Crippen LogP contribution in [-0.4, -0.2) is 50.8 Å². The van der Waals surface area contributed by atoms with Gasteiger partial charge in [0.2, 0.25) is 0 Å². The highest BCUT2D eigenvalue weighted by molar-refractivity contribution is 7.08. The molecular weight excluding hydrogens is 326 g/mol. The minimum Gasteiger partial charge on any atom is -0.386 e. The average Bonchev–Trinajstić information content (AvgIpc) is 3.21. The summed E-state index contributed by atoms with van der Waals surface area (Å²) in [4.78, 5) is 19.2. The highest BCUT2D eigenvalue weighted by Crippen LogP contribution is 2.25. The number of aromatic nitrogens is 3. The molecule has 2 N–H and O–H groups in total. The molecule has 0 radical (unpaired) electrons. The molecule has 1 amide bonds. The van der Waals surface area contributed by atoms with Crippen molar-refractivity contribution in [2.24, 2.45) is 0 Å². The molecule has 8 heteroatoms. The Hall–Kier alpha value is -2.06. The third-order valence-electron chi connectivity index (χ3n) is 4.15. The SMILES string of the molecule is CC(C)c1nnsc1C(=O)NC[C@@]1(O)CCN(c2ccccn2)C1. The molecule has 0 aliphatic carbocycles. The summed E-state index contributed by atoms with van der Waals surface area (Å²) in [5.41, 5.74) is -0.255. The van der Waals surface area contributed by atoms with E-state index in [4.69, 9.17) is 0 Å². The lowest BCUT2D eigenvalue weighted by molar-refractivity contribution is 0.0576. The summed E-state index contributed by atoms with van der Waals surface area (Å²) in [5, 5.41) is 17.6. The van der Waals surface area contributed by atoms with Crippen LogP contribution in [0.15, 0.2) is 24.4 Å². The quantitative estimate of drug-likeness (QED) is 0.850. The summed E-state index contributed by atoms with van der Waals surface area (Å²) in [7, 11) is 0. The topological polar surface area (TPSA) is 91.2 Å². The number of amides is 1. The van der Waals surface area contributed by atoms with Crippen molar-refractivity contribution in [1.82, 2.24) is 19.9 Å². The van der Waals surface area contributed by atoms with Crippen LogP contribution in [0.25, 0.3) is 0 Å². The minimum absolute atomic E-state index is 0.138. The summed E-state index contributed by atoms with van der Waals surface area (Å²) in [6.45, 7) is 5.31. The highest BCUT2D eigenvalue weighted by atomic mass is 32.1. The number of aliphatic hydroxyl groups is 1. The van der Waals surface area contributed by atoms with Gasteiger partial charge in [-0.05, 0) is 36.0 Å². The molecule has 1 saturated heterocycles. The molecule has 2 aromatic heterocycles. The van der Waals surface area contributed by atoms with E-state index >= 15 is 0 Å². The number of hydrogen-bond acceptors (Lipinski definition) is 7. The second-order valence-electron chi connectivity index (χ2n) is 6.41. The average molecular weight is 347 g/mol. The Morgan fingerprint density at radius 3 is 3.04 bits per heavy atom. The Kier molecular flexibility index (Phi) is 4.77. The smallest absolute Gasteiger partial charge is 0.265 e. The van der Waals surface area contributed by atoms with Crippen molar-refractivity contribution >= 4 is 23.3 Å². The summed E-state index contributed by atoms with van der Waals surface area (Å²) in [5.74, 6) is 0.755. The van der Waals surface area contributed by atoms with Crippen LogP contribution in [0.4, 0.5) is 5.82 Å². The second-order valence-corrected chi connectivity index (χ2v) is 7.16. The van der Waals surface area contributed by atoms with E-state index in [2.05, 4.69) is 19.9 Å². The van der Waals surface area contributed by atoms with Crippen LogP contribution >= 0.6 is 11.5 Å². The van der Waals surface area contributed by atoms with Gasteiger partial charge in [0.1, 0.15) is 16.3 Å². The Labute approximate surface area is 144 Å². The van der Waals surface area contributed by atoms with Crippen LogP contribution in [0.1, 0.15) is 41.6 Å². The zero-order valence-electron chi connectivity index (χ0n) is 13.8. The third-order valence-corrected chi connectivity index (χ3v) is 4.89. The standard InChI is InChI=1S/C16H21N5O2S/c1-11(2)13-14(24-20-19-13)15(22)18-9-16(23)6-8-21(10-16)12-5-3-4-7-17-12/h3-5,7,11,23H,6,8-10H2,1-2H3,(H,18,22)/t16-/m0/s1. The van der Waals surface area contributed by atoms with Crippen molar-refractivity contribution in [2.45, 2.75) is 31.8 Å². The predicted octanol–water partition coefficient (Wildman–Crippen LogP) is 1.43. The molecular formula is C16H21N5O2S. The predicted molar refractivity (Wildman–Crippen MR) is 92.3 cm³/mol. The van der Waals surface area contributed by atoms with Gasteiger partial charge in [0.25, 0.3) is 5.91 Å². The lowest BCUT2D eigenvalue weighted by atomic mass is 10.0. The summed E-state index contributed by atoms with van der Waals surface area (Å²) in [6, 6.07) is 5.70. The van der Waals surface area contributed by atoms with E-state index in [0.29, 0.717) is 30.1 Å². The summed E-state index contributed by atoms with van der Waals surface area (Å²) >= 11 is 1.09. The maximum atomic E-state index is 12.4. The van der Waals surface area contributed by atoms with Crippen LogP contribution in [0.3, 0.4) is 0 Å².